The highest BCUT2D eigenvalue weighted by Crippen LogP contribution is 2.15. The highest BCUT2D eigenvalue weighted by molar-refractivity contribution is 7.98. The van der Waals surface area contributed by atoms with E-state index in [-0.39, 0.29) is 5.91 Å². The Morgan fingerprint density at radius 1 is 1.05 bits per heavy atom. The van der Waals surface area contributed by atoms with E-state index in [9.17, 15) is 4.79 Å². The number of carbonyl (C=O) groups excluding carboxylic acids is 1. The van der Waals surface area contributed by atoms with Crippen molar-refractivity contribution in [3.8, 4) is 0 Å². The Balaban J connectivity index is 1.69. The van der Waals surface area contributed by atoms with Crippen molar-refractivity contribution < 1.29 is 4.79 Å². The van der Waals surface area contributed by atoms with Gasteiger partial charge in [-0.3, -0.25) is 4.79 Å². The van der Waals surface area contributed by atoms with Gasteiger partial charge in [-0.15, -0.1) is 0 Å². The third kappa shape index (κ3) is 4.94. The Labute approximate surface area is 131 Å². The van der Waals surface area contributed by atoms with Crippen molar-refractivity contribution in [1.29, 1.82) is 0 Å². The van der Waals surface area contributed by atoms with Gasteiger partial charge in [-0.1, -0.05) is 42.0 Å². The topological polar surface area (TPSA) is 29.1 Å². The van der Waals surface area contributed by atoms with Crippen LogP contribution in [0, 0.1) is 13.8 Å². The van der Waals surface area contributed by atoms with Gasteiger partial charge in [-0.2, -0.15) is 11.8 Å². The number of hydrogen-bond acceptors (Lipinski definition) is 2. The molecule has 0 bridgehead atoms. The molecular weight excluding hydrogens is 278 g/mol. The van der Waals surface area contributed by atoms with E-state index in [2.05, 4.69) is 36.5 Å². The Hall–Kier alpha value is -1.74. The lowest BCUT2D eigenvalue weighted by molar-refractivity contribution is 0.0956. The van der Waals surface area contributed by atoms with E-state index in [4.69, 9.17) is 0 Å². The van der Waals surface area contributed by atoms with E-state index < -0.39 is 0 Å². The van der Waals surface area contributed by atoms with E-state index in [0.717, 1.165) is 17.1 Å². The van der Waals surface area contributed by atoms with Crippen molar-refractivity contribution >= 4 is 17.7 Å². The van der Waals surface area contributed by atoms with E-state index in [0.29, 0.717) is 6.54 Å². The van der Waals surface area contributed by atoms with Crippen molar-refractivity contribution in [3.63, 3.8) is 0 Å². The second kappa shape index (κ2) is 7.89. The fourth-order valence-corrected chi connectivity index (χ4v) is 2.93. The zero-order valence-corrected chi connectivity index (χ0v) is 13.4. The van der Waals surface area contributed by atoms with Crippen LogP contribution in [0.3, 0.4) is 0 Å². The van der Waals surface area contributed by atoms with Crippen LogP contribution in [-0.4, -0.2) is 18.2 Å². The zero-order chi connectivity index (χ0) is 15.1. The van der Waals surface area contributed by atoms with Gasteiger partial charge >= 0.3 is 0 Å². The van der Waals surface area contributed by atoms with Gasteiger partial charge in [-0.05, 0) is 37.1 Å². The third-order valence-electron chi connectivity index (χ3n) is 3.36. The van der Waals surface area contributed by atoms with Crippen LogP contribution < -0.4 is 5.32 Å². The summed E-state index contributed by atoms with van der Waals surface area (Å²) in [5, 5.41) is 2.96. The van der Waals surface area contributed by atoms with Crippen molar-refractivity contribution in [1.82, 2.24) is 5.32 Å². The SMILES string of the molecule is Cc1ccc(C(=O)NCCSCc2ccccc2C)cc1. The maximum Gasteiger partial charge on any atom is 0.251 e. The Bertz CT molecular complexity index is 592. The lowest BCUT2D eigenvalue weighted by atomic mass is 10.1. The summed E-state index contributed by atoms with van der Waals surface area (Å²) >= 11 is 1.85. The van der Waals surface area contributed by atoms with Gasteiger partial charge in [-0.25, -0.2) is 0 Å². The third-order valence-corrected chi connectivity index (χ3v) is 4.37. The zero-order valence-electron chi connectivity index (χ0n) is 12.6. The highest BCUT2D eigenvalue weighted by atomic mass is 32.2. The molecule has 2 rings (SSSR count). The second-order valence-corrected chi connectivity index (χ2v) is 6.21. The average Bonchev–Trinajstić information content (AvgIpc) is 2.49. The van der Waals surface area contributed by atoms with Gasteiger partial charge in [0.2, 0.25) is 0 Å². The minimum atomic E-state index is 0.00601. The number of amides is 1. The molecule has 2 aromatic rings. The molecule has 2 nitrogen and oxygen atoms in total. The van der Waals surface area contributed by atoms with Gasteiger partial charge in [0, 0.05) is 23.6 Å². The summed E-state index contributed by atoms with van der Waals surface area (Å²) in [7, 11) is 0. The molecular formula is C18H21NOS. The molecule has 0 aliphatic carbocycles. The molecule has 0 aliphatic heterocycles. The summed E-state index contributed by atoms with van der Waals surface area (Å²) in [6, 6.07) is 16.1. The quantitative estimate of drug-likeness (QED) is 0.818. The largest absolute Gasteiger partial charge is 0.351 e. The first kappa shape index (κ1) is 15.6. The van der Waals surface area contributed by atoms with Crippen molar-refractivity contribution in [2.75, 3.05) is 12.3 Å². The van der Waals surface area contributed by atoms with E-state index in [1.807, 2.05) is 43.0 Å². The predicted octanol–water partition coefficient (Wildman–Crippen LogP) is 3.97. The molecule has 0 radical (unpaired) electrons. The average molecular weight is 299 g/mol. The fourth-order valence-electron chi connectivity index (χ4n) is 2.00. The van der Waals surface area contributed by atoms with Gasteiger partial charge in [0.05, 0.1) is 0 Å². The molecule has 0 aliphatic rings. The number of thioether (sulfide) groups is 1. The summed E-state index contributed by atoms with van der Waals surface area (Å²) < 4.78 is 0. The minimum absolute atomic E-state index is 0.00601. The molecule has 21 heavy (non-hydrogen) atoms. The number of hydrogen-bond donors (Lipinski definition) is 1. The molecule has 0 unspecified atom stereocenters. The number of nitrogens with one attached hydrogen (secondary N) is 1. The molecule has 0 heterocycles. The summed E-state index contributed by atoms with van der Waals surface area (Å²) in [4.78, 5) is 11.9. The van der Waals surface area contributed by atoms with Crippen LogP contribution >= 0.6 is 11.8 Å². The van der Waals surface area contributed by atoms with Crippen molar-refractivity contribution in [2.24, 2.45) is 0 Å². The maximum atomic E-state index is 11.9. The fraction of sp³-hybridized carbons (Fsp3) is 0.278. The first-order valence-corrected chi connectivity index (χ1v) is 8.29. The van der Waals surface area contributed by atoms with Crippen molar-refractivity contribution in [3.05, 3.63) is 70.8 Å². The smallest absolute Gasteiger partial charge is 0.251 e. The number of rotatable bonds is 6. The van der Waals surface area contributed by atoms with E-state index in [1.165, 1.54) is 16.7 Å². The molecule has 2 aromatic carbocycles. The van der Waals surface area contributed by atoms with E-state index in [1.54, 1.807) is 0 Å². The molecule has 110 valence electrons. The molecule has 1 amide bonds. The van der Waals surface area contributed by atoms with Gasteiger partial charge in [0.1, 0.15) is 0 Å². The standard InChI is InChI=1S/C18H21NOS/c1-14-7-9-16(10-8-14)18(20)19-11-12-21-13-17-6-4-3-5-15(17)2/h3-10H,11-13H2,1-2H3,(H,19,20). The molecule has 3 heteroatoms. The number of aryl methyl sites for hydroxylation is 2. The predicted molar refractivity (Wildman–Crippen MR) is 90.9 cm³/mol. The maximum absolute atomic E-state index is 11.9. The summed E-state index contributed by atoms with van der Waals surface area (Å²) in [5.74, 6) is 1.92. The second-order valence-electron chi connectivity index (χ2n) is 5.10. The molecule has 0 fully saturated rings. The monoisotopic (exact) mass is 299 g/mol. The summed E-state index contributed by atoms with van der Waals surface area (Å²) in [6.45, 7) is 4.85. The first-order chi connectivity index (χ1) is 10.2. The van der Waals surface area contributed by atoms with Crippen LogP contribution in [0.5, 0.6) is 0 Å². The lowest BCUT2D eigenvalue weighted by Crippen LogP contribution is -2.25. The van der Waals surface area contributed by atoms with Crippen LogP contribution in [0.4, 0.5) is 0 Å². The molecule has 0 atom stereocenters. The highest BCUT2D eigenvalue weighted by Gasteiger charge is 2.04. The molecule has 0 spiro atoms. The number of benzene rings is 2. The minimum Gasteiger partial charge on any atom is -0.351 e. The van der Waals surface area contributed by atoms with E-state index >= 15 is 0 Å². The van der Waals surface area contributed by atoms with Crippen LogP contribution in [-0.2, 0) is 5.75 Å². The summed E-state index contributed by atoms with van der Waals surface area (Å²) in [5.41, 5.74) is 4.59. The molecule has 0 saturated carbocycles. The van der Waals surface area contributed by atoms with Gasteiger partial charge in [0.25, 0.3) is 5.91 Å². The Morgan fingerprint density at radius 2 is 1.76 bits per heavy atom. The van der Waals surface area contributed by atoms with Crippen LogP contribution in [0.2, 0.25) is 0 Å². The Morgan fingerprint density at radius 3 is 2.48 bits per heavy atom. The van der Waals surface area contributed by atoms with Gasteiger partial charge < -0.3 is 5.32 Å². The van der Waals surface area contributed by atoms with Crippen molar-refractivity contribution in [2.45, 2.75) is 19.6 Å². The first-order valence-electron chi connectivity index (χ1n) is 7.14. The molecule has 0 saturated heterocycles. The molecule has 1 N–H and O–H groups in total. The normalized spacial score (nSPS) is 10.4. The summed E-state index contributed by atoms with van der Waals surface area (Å²) in [6.07, 6.45) is 0. The van der Waals surface area contributed by atoms with Crippen LogP contribution in [0.25, 0.3) is 0 Å². The Kier molecular flexibility index (Phi) is 5.88. The number of carbonyl (C=O) groups is 1. The van der Waals surface area contributed by atoms with Crippen LogP contribution in [0.15, 0.2) is 48.5 Å². The lowest BCUT2D eigenvalue weighted by Gasteiger charge is -2.07. The van der Waals surface area contributed by atoms with Crippen LogP contribution in [0.1, 0.15) is 27.0 Å². The molecule has 0 aromatic heterocycles. The van der Waals surface area contributed by atoms with Gasteiger partial charge in [0.15, 0.2) is 0 Å².